The van der Waals surface area contributed by atoms with E-state index in [4.69, 9.17) is 0 Å². The summed E-state index contributed by atoms with van der Waals surface area (Å²) >= 11 is 3.03. The van der Waals surface area contributed by atoms with Gasteiger partial charge in [0.1, 0.15) is 17.5 Å². The van der Waals surface area contributed by atoms with Crippen LogP contribution in [0.5, 0.6) is 0 Å². The van der Waals surface area contributed by atoms with E-state index in [0.717, 1.165) is 18.2 Å². The van der Waals surface area contributed by atoms with Crippen molar-refractivity contribution < 1.29 is 18.3 Å². The van der Waals surface area contributed by atoms with Crippen molar-refractivity contribution in [3.63, 3.8) is 0 Å². The van der Waals surface area contributed by atoms with Crippen LogP contribution in [-0.2, 0) is 0 Å². The molecule has 0 radical (unpaired) electrons. The van der Waals surface area contributed by atoms with E-state index in [9.17, 15) is 18.3 Å². The van der Waals surface area contributed by atoms with Crippen LogP contribution in [-0.4, -0.2) is 11.7 Å². The van der Waals surface area contributed by atoms with Crippen molar-refractivity contribution in [2.24, 2.45) is 0 Å². The highest BCUT2D eigenvalue weighted by Crippen LogP contribution is 2.22. The van der Waals surface area contributed by atoms with Crippen LogP contribution in [0.2, 0.25) is 0 Å². The Bertz CT molecular complexity index is 621. The van der Waals surface area contributed by atoms with Gasteiger partial charge in [-0.15, -0.1) is 0 Å². The fourth-order valence-corrected chi connectivity index (χ4v) is 2.08. The first-order valence-electron chi connectivity index (χ1n) is 5.79. The molecular formula is C14H11BrF3NO. The summed E-state index contributed by atoms with van der Waals surface area (Å²) in [6.45, 7) is -0.0293. The van der Waals surface area contributed by atoms with Gasteiger partial charge in [0.2, 0.25) is 0 Å². The van der Waals surface area contributed by atoms with Crippen molar-refractivity contribution in [1.82, 2.24) is 0 Å². The lowest BCUT2D eigenvalue weighted by Gasteiger charge is -2.14. The second-order valence-electron chi connectivity index (χ2n) is 4.19. The number of aliphatic hydroxyl groups is 1. The number of halogens is 4. The molecule has 2 rings (SSSR count). The van der Waals surface area contributed by atoms with E-state index in [1.54, 1.807) is 0 Å². The van der Waals surface area contributed by atoms with Crippen molar-refractivity contribution in [3.05, 3.63) is 63.9 Å². The SMILES string of the molecule is OC(CNc1ccc(F)c(Br)c1)c1cc(F)ccc1F. The zero-order chi connectivity index (χ0) is 14.7. The molecule has 0 saturated heterocycles. The molecular weight excluding hydrogens is 335 g/mol. The molecule has 0 aliphatic rings. The molecule has 6 heteroatoms. The van der Waals surface area contributed by atoms with Gasteiger partial charge in [0.25, 0.3) is 0 Å². The van der Waals surface area contributed by atoms with Crippen LogP contribution < -0.4 is 5.32 Å². The molecule has 0 aromatic heterocycles. The molecule has 0 amide bonds. The molecule has 0 spiro atoms. The Morgan fingerprint density at radius 1 is 1.05 bits per heavy atom. The molecule has 1 unspecified atom stereocenters. The number of hydrogen-bond donors (Lipinski definition) is 2. The lowest BCUT2D eigenvalue weighted by atomic mass is 10.1. The Hall–Kier alpha value is -1.53. The highest BCUT2D eigenvalue weighted by molar-refractivity contribution is 9.10. The zero-order valence-electron chi connectivity index (χ0n) is 10.2. The van der Waals surface area contributed by atoms with Crippen LogP contribution in [0, 0.1) is 17.5 Å². The lowest BCUT2D eigenvalue weighted by Crippen LogP contribution is -2.13. The molecule has 0 aliphatic carbocycles. The smallest absolute Gasteiger partial charge is 0.137 e. The van der Waals surface area contributed by atoms with E-state index in [1.807, 2.05) is 0 Å². The monoisotopic (exact) mass is 345 g/mol. The third kappa shape index (κ3) is 3.52. The summed E-state index contributed by atoms with van der Waals surface area (Å²) in [5, 5.41) is 12.7. The molecule has 0 aliphatic heterocycles. The molecule has 1 atom stereocenters. The molecule has 0 bridgehead atoms. The van der Waals surface area contributed by atoms with Gasteiger partial charge in [-0.1, -0.05) is 0 Å². The van der Waals surface area contributed by atoms with Crippen molar-refractivity contribution in [3.8, 4) is 0 Å². The summed E-state index contributed by atoms with van der Waals surface area (Å²) in [5.74, 6) is -1.71. The normalized spacial score (nSPS) is 12.2. The predicted molar refractivity (Wildman–Crippen MR) is 73.9 cm³/mol. The largest absolute Gasteiger partial charge is 0.386 e. The molecule has 2 aromatic rings. The molecule has 2 nitrogen and oxygen atoms in total. The van der Waals surface area contributed by atoms with Gasteiger partial charge in [-0.05, 0) is 52.3 Å². The van der Waals surface area contributed by atoms with Crippen LogP contribution in [0.1, 0.15) is 11.7 Å². The number of nitrogens with one attached hydrogen (secondary N) is 1. The Labute approximate surface area is 122 Å². The van der Waals surface area contributed by atoms with Gasteiger partial charge in [-0.2, -0.15) is 0 Å². The molecule has 0 fully saturated rings. The summed E-state index contributed by atoms with van der Waals surface area (Å²) < 4.78 is 39.8. The Balaban J connectivity index is 2.06. The van der Waals surface area contributed by atoms with Gasteiger partial charge in [-0.3, -0.25) is 0 Å². The quantitative estimate of drug-likeness (QED) is 0.877. The van der Waals surface area contributed by atoms with Crippen molar-refractivity contribution >= 4 is 21.6 Å². The molecule has 106 valence electrons. The summed E-state index contributed by atoms with van der Waals surface area (Å²) in [5.41, 5.74) is 0.424. The Morgan fingerprint density at radius 3 is 2.45 bits per heavy atom. The van der Waals surface area contributed by atoms with E-state index in [0.29, 0.717) is 5.69 Å². The van der Waals surface area contributed by atoms with Gasteiger partial charge < -0.3 is 10.4 Å². The van der Waals surface area contributed by atoms with Gasteiger partial charge in [0, 0.05) is 17.8 Å². The van der Waals surface area contributed by atoms with Gasteiger partial charge in [0.15, 0.2) is 0 Å². The molecule has 2 N–H and O–H groups in total. The van der Waals surface area contributed by atoms with E-state index in [-0.39, 0.29) is 16.6 Å². The number of hydrogen-bond acceptors (Lipinski definition) is 2. The topological polar surface area (TPSA) is 32.3 Å². The first-order chi connectivity index (χ1) is 9.47. The van der Waals surface area contributed by atoms with Crippen molar-refractivity contribution in [2.75, 3.05) is 11.9 Å². The maximum atomic E-state index is 13.5. The fourth-order valence-electron chi connectivity index (χ4n) is 1.70. The minimum absolute atomic E-state index is 0.0293. The summed E-state index contributed by atoms with van der Waals surface area (Å²) in [4.78, 5) is 0. The summed E-state index contributed by atoms with van der Waals surface area (Å²) in [6, 6.07) is 7.11. The van der Waals surface area contributed by atoms with E-state index >= 15 is 0 Å². The van der Waals surface area contributed by atoms with Crippen LogP contribution in [0.15, 0.2) is 40.9 Å². The minimum Gasteiger partial charge on any atom is -0.386 e. The number of aliphatic hydroxyl groups excluding tert-OH is 1. The average molecular weight is 346 g/mol. The Kier molecular flexibility index (Phi) is 4.67. The third-order valence-corrected chi connectivity index (χ3v) is 3.34. The number of benzene rings is 2. The van der Waals surface area contributed by atoms with Crippen LogP contribution in [0.25, 0.3) is 0 Å². The third-order valence-electron chi connectivity index (χ3n) is 2.74. The average Bonchev–Trinajstić information content (AvgIpc) is 2.42. The second-order valence-corrected chi connectivity index (χ2v) is 5.05. The minimum atomic E-state index is -1.21. The van der Waals surface area contributed by atoms with Crippen LogP contribution in [0.4, 0.5) is 18.9 Å². The van der Waals surface area contributed by atoms with E-state index in [2.05, 4.69) is 21.2 Å². The van der Waals surface area contributed by atoms with Crippen LogP contribution >= 0.6 is 15.9 Å². The Morgan fingerprint density at radius 2 is 1.75 bits per heavy atom. The standard InChI is InChI=1S/C14H11BrF3NO/c15-11-6-9(2-4-13(11)18)19-7-14(20)10-5-8(16)1-3-12(10)17/h1-6,14,19-20H,7H2. The molecule has 20 heavy (non-hydrogen) atoms. The van der Waals surface area contributed by atoms with Gasteiger partial charge in [0.05, 0.1) is 10.6 Å². The second kappa shape index (κ2) is 6.28. The first kappa shape index (κ1) is 14.9. The maximum Gasteiger partial charge on any atom is 0.137 e. The van der Waals surface area contributed by atoms with E-state index in [1.165, 1.54) is 18.2 Å². The van der Waals surface area contributed by atoms with E-state index < -0.39 is 23.6 Å². The van der Waals surface area contributed by atoms with Crippen molar-refractivity contribution in [1.29, 1.82) is 0 Å². The van der Waals surface area contributed by atoms with Gasteiger partial charge in [-0.25, -0.2) is 13.2 Å². The predicted octanol–water partition coefficient (Wildman–Crippen LogP) is 4.01. The van der Waals surface area contributed by atoms with Gasteiger partial charge >= 0.3 is 0 Å². The molecule has 2 aromatic carbocycles. The summed E-state index contributed by atoms with van der Waals surface area (Å²) in [7, 11) is 0. The van der Waals surface area contributed by atoms with Crippen LogP contribution in [0.3, 0.4) is 0 Å². The first-order valence-corrected chi connectivity index (χ1v) is 6.58. The number of rotatable bonds is 4. The highest BCUT2D eigenvalue weighted by Gasteiger charge is 2.14. The zero-order valence-corrected chi connectivity index (χ0v) is 11.8. The summed E-state index contributed by atoms with van der Waals surface area (Å²) in [6.07, 6.45) is -1.21. The fraction of sp³-hybridized carbons (Fsp3) is 0.143. The molecule has 0 heterocycles. The lowest BCUT2D eigenvalue weighted by molar-refractivity contribution is 0.186. The highest BCUT2D eigenvalue weighted by atomic mass is 79.9. The maximum absolute atomic E-state index is 13.5. The number of anilines is 1. The van der Waals surface area contributed by atoms with Crippen molar-refractivity contribution in [2.45, 2.75) is 6.10 Å². The molecule has 0 saturated carbocycles.